The Morgan fingerprint density at radius 1 is 1.42 bits per heavy atom. The molecular weight excluding hydrogens is 268 g/mol. The van der Waals surface area contributed by atoms with Crippen molar-refractivity contribution in [2.45, 2.75) is 26.3 Å². The van der Waals surface area contributed by atoms with E-state index in [-0.39, 0.29) is 10.7 Å². The van der Waals surface area contributed by atoms with Crippen LogP contribution in [0.15, 0.2) is 18.2 Å². The molecule has 0 spiro atoms. The van der Waals surface area contributed by atoms with E-state index in [0.29, 0.717) is 13.2 Å². The molecule has 0 saturated carbocycles. The van der Waals surface area contributed by atoms with Crippen LogP contribution in [0.2, 0.25) is 5.02 Å². The maximum atomic E-state index is 10.7. The maximum Gasteiger partial charge on any atom is 0.288 e. The molecule has 0 aliphatic heterocycles. The van der Waals surface area contributed by atoms with E-state index in [1.54, 1.807) is 12.1 Å². The summed E-state index contributed by atoms with van der Waals surface area (Å²) >= 11 is 5.74. The topological polar surface area (TPSA) is 64.4 Å². The van der Waals surface area contributed by atoms with Crippen LogP contribution in [0.5, 0.6) is 0 Å². The molecule has 0 bridgehead atoms. The third-order valence-electron chi connectivity index (χ3n) is 2.60. The minimum Gasteiger partial charge on any atom is -0.380 e. The van der Waals surface area contributed by atoms with Crippen LogP contribution in [0.1, 0.15) is 25.3 Å². The Bertz CT molecular complexity index is 413. The van der Waals surface area contributed by atoms with Crippen molar-refractivity contribution in [2.24, 2.45) is 0 Å². The fraction of sp³-hybridized carbons (Fsp3) is 0.538. The van der Waals surface area contributed by atoms with Gasteiger partial charge in [-0.25, -0.2) is 0 Å². The van der Waals surface area contributed by atoms with Gasteiger partial charge in [0, 0.05) is 25.8 Å². The number of nitrogens with one attached hydrogen (secondary N) is 1. The standard InChI is InChI=1S/C13H19ClN2O3/c1-2-3-7-19-8-6-15-10-11-4-5-12(14)13(9-11)16(17)18/h4-5,9,15H,2-3,6-8,10H2,1H3. The molecule has 0 fully saturated rings. The number of benzene rings is 1. The number of hydrogen-bond donors (Lipinski definition) is 1. The van der Waals surface area contributed by atoms with Gasteiger partial charge < -0.3 is 10.1 Å². The minimum absolute atomic E-state index is 0.0554. The van der Waals surface area contributed by atoms with Gasteiger partial charge in [-0.05, 0) is 18.1 Å². The van der Waals surface area contributed by atoms with E-state index in [1.165, 1.54) is 6.07 Å². The number of rotatable bonds is 9. The molecule has 5 nitrogen and oxygen atoms in total. The van der Waals surface area contributed by atoms with Crippen LogP contribution >= 0.6 is 11.6 Å². The molecule has 6 heteroatoms. The summed E-state index contributed by atoms with van der Waals surface area (Å²) in [6.45, 7) is 4.84. The van der Waals surface area contributed by atoms with Crippen LogP contribution < -0.4 is 5.32 Å². The molecule has 106 valence electrons. The van der Waals surface area contributed by atoms with E-state index in [9.17, 15) is 10.1 Å². The largest absolute Gasteiger partial charge is 0.380 e. The summed E-state index contributed by atoms with van der Waals surface area (Å²) in [4.78, 5) is 10.3. The van der Waals surface area contributed by atoms with Crippen molar-refractivity contribution in [1.82, 2.24) is 5.32 Å². The zero-order valence-electron chi connectivity index (χ0n) is 11.0. The molecule has 0 unspecified atom stereocenters. The maximum absolute atomic E-state index is 10.7. The third kappa shape index (κ3) is 6.00. The first-order chi connectivity index (χ1) is 9.15. The second-order valence-corrected chi connectivity index (χ2v) is 4.59. The van der Waals surface area contributed by atoms with Gasteiger partial charge in [0.1, 0.15) is 5.02 Å². The SMILES string of the molecule is CCCCOCCNCc1ccc(Cl)c([N+](=O)[O-])c1. The van der Waals surface area contributed by atoms with Crippen molar-refractivity contribution in [3.8, 4) is 0 Å². The zero-order valence-corrected chi connectivity index (χ0v) is 11.8. The summed E-state index contributed by atoms with van der Waals surface area (Å²) in [7, 11) is 0. The molecule has 1 N–H and O–H groups in total. The normalized spacial score (nSPS) is 10.6. The monoisotopic (exact) mass is 286 g/mol. The van der Waals surface area contributed by atoms with Gasteiger partial charge in [-0.15, -0.1) is 0 Å². The van der Waals surface area contributed by atoms with Gasteiger partial charge in [0.25, 0.3) is 5.69 Å². The fourth-order valence-electron chi connectivity index (χ4n) is 1.53. The van der Waals surface area contributed by atoms with Crippen LogP contribution in [-0.2, 0) is 11.3 Å². The first-order valence-electron chi connectivity index (χ1n) is 6.36. The highest BCUT2D eigenvalue weighted by Crippen LogP contribution is 2.24. The molecule has 1 aromatic carbocycles. The second kappa shape index (κ2) is 8.85. The average Bonchev–Trinajstić information content (AvgIpc) is 2.39. The van der Waals surface area contributed by atoms with Gasteiger partial charge in [0.2, 0.25) is 0 Å². The summed E-state index contributed by atoms with van der Waals surface area (Å²) in [6.07, 6.45) is 2.20. The van der Waals surface area contributed by atoms with Gasteiger partial charge >= 0.3 is 0 Å². The second-order valence-electron chi connectivity index (χ2n) is 4.19. The molecule has 19 heavy (non-hydrogen) atoms. The molecule has 1 rings (SSSR count). The van der Waals surface area contributed by atoms with Gasteiger partial charge in [0.15, 0.2) is 0 Å². The van der Waals surface area contributed by atoms with Gasteiger partial charge in [0.05, 0.1) is 11.5 Å². The number of ether oxygens (including phenoxy) is 1. The predicted octanol–water partition coefficient (Wildman–Crippen LogP) is 3.15. The minimum atomic E-state index is -0.473. The number of nitro groups is 1. The van der Waals surface area contributed by atoms with E-state index >= 15 is 0 Å². The van der Waals surface area contributed by atoms with E-state index < -0.39 is 4.92 Å². The Kier molecular flexibility index (Phi) is 7.40. The Balaban J connectivity index is 2.30. The van der Waals surface area contributed by atoms with Crippen LogP contribution in [0, 0.1) is 10.1 Å². The molecule has 1 aromatic rings. The Labute approximate surface area is 118 Å². The lowest BCUT2D eigenvalue weighted by Crippen LogP contribution is -2.19. The summed E-state index contributed by atoms with van der Waals surface area (Å²) in [5.41, 5.74) is 0.782. The van der Waals surface area contributed by atoms with Crippen LogP contribution in [0.25, 0.3) is 0 Å². The van der Waals surface area contributed by atoms with Crippen molar-refractivity contribution in [3.05, 3.63) is 38.9 Å². The highest BCUT2D eigenvalue weighted by atomic mass is 35.5. The Morgan fingerprint density at radius 3 is 2.89 bits per heavy atom. The van der Waals surface area contributed by atoms with E-state index in [1.807, 2.05) is 0 Å². The lowest BCUT2D eigenvalue weighted by Gasteiger charge is -2.06. The van der Waals surface area contributed by atoms with Crippen LogP contribution in [-0.4, -0.2) is 24.7 Å². The summed E-state index contributed by atoms with van der Waals surface area (Å²) in [5.74, 6) is 0. The van der Waals surface area contributed by atoms with Crippen LogP contribution in [0.3, 0.4) is 0 Å². The molecule has 0 radical (unpaired) electrons. The molecule has 0 aliphatic carbocycles. The fourth-order valence-corrected chi connectivity index (χ4v) is 1.72. The Hall–Kier alpha value is -1.17. The van der Waals surface area contributed by atoms with Crippen molar-refractivity contribution < 1.29 is 9.66 Å². The van der Waals surface area contributed by atoms with E-state index in [2.05, 4.69) is 12.2 Å². The quantitative estimate of drug-likeness (QED) is 0.430. The molecule has 0 aromatic heterocycles. The number of halogens is 1. The van der Waals surface area contributed by atoms with Crippen molar-refractivity contribution in [1.29, 1.82) is 0 Å². The summed E-state index contributed by atoms with van der Waals surface area (Å²) in [6, 6.07) is 4.82. The molecule has 0 atom stereocenters. The predicted molar refractivity (Wildman–Crippen MR) is 75.5 cm³/mol. The highest BCUT2D eigenvalue weighted by Gasteiger charge is 2.12. The van der Waals surface area contributed by atoms with Crippen LogP contribution in [0.4, 0.5) is 5.69 Å². The highest BCUT2D eigenvalue weighted by molar-refractivity contribution is 6.32. The third-order valence-corrected chi connectivity index (χ3v) is 2.92. The van der Waals surface area contributed by atoms with E-state index in [4.69, 9.17) is 16.3 Å². The lowest BCUT2D eigenvalue weighted by molar-refractivity contribution is -0.384. The van der Waals surface area contributed by atoms with Gasteiger partial charge in [-0.2, -0.15) is 0 Å². The number of nitrogens with zero attached hydrogens (tertiary/aromatic N) is 1. The van der Waals surface area contributed by atoms with Gasteiger partial charge in [-0.3, -0.25) is 10.1 Å². The molecule has 0 amide bonds. The van der Waals surface area contributed by atoms with Crippen molar-refractivity contribution in [2.75, 3.05) is 19.8 Å². The smallest absolute Gasteiger partial charge is 0.288 e. The summed E-state index contributed by atoms with van der Waals surface area (Å²) < 4.78 is 5.40. The van der Waals surface area contributed by atoms with Crippen molar-refractivity contribution >= 4 is 17.3 Å². The van der Waals surface area contributed by atoms with Gasteiger partial charge in [-0.1, -0.05) is 31.0 Å². The number of unbranched alkanes of at least 4 members (excludes halogenated alkanes) is 1. The van der Waals surface area contributed by atoms with E-state index in [0.717, 1.165) is 31.6 Å². The molecule has 0 heterocycles. The summed E-state index contributed by atoms with van der Waals surface area (Å²) in [5, 5.41) is 14.1. The van der Waals surface area contributed by atoms with Crippen molar-refractivity contribution in [3.63, 3.8) is 0 Å². The number of nitro benzene ring substituents is 1. The lowest BCUT2D eigenvalue weighted by atomic mass is 10.2. The first-order valence-corrected chi connectivity index (χ1v) is 6.74. The molecular formula is C13H19ClN2O3. The first kappa shape index (κ1) is 15.9. The number of hydrogen-bond acceptors (Lipinski definition) is 4. The molecule has 0 aliphatic rings. The zero-order chi connectivity index (χ0) is 14.1. The Morgan fingerprint density at radius 2 is 2.21 bits per heavy atom. The molecule has 0 saturated heterocycles. The average molecular weight is 287 g/mol.